The lowest BCUT2D eigenvalue weighted by Crippen LogP contribution is -2.56. The van der Waals surface area contributed by atoms with Gasteiger partial charge in [0.05, 0.1) is 0 Å². The standard InChI is InChI=1S/C22H30N6O2S/c23-21(24)19-2-1-3-20(8-19)28-13-18(14-29)12-27(22(28)30)11-16-4-6-26(7-5-16)10-17-9-25-31-15-17/h1-3,8-9,15-16,18,29H,4-7,10-14H2,(H3,23,24). The van der Waals surface area contributed by atoms with Crippen LogP contribution in [-0.2, 0) is 6.54 Å². The molecule has 4 N–H and O–H groups in total. The second kappa shape index (κ2) is 9.76. The van der Waals surface area contributed by atoms with Crippen LogP contribution in [0.3, 0.4) is 0 Å². The van der Waals surface area contributed by atoms with Crippen molar-refractivity contribution in [2.75, 3.05) is 44.2 Å². The van der Waals surface area contributed by atoms with Gasteiger partial charge in [0, 0.05) is 61.5 Å². The number of amides is 2. The Labute approximate surface area is 186 Å². The Hall–Kier alpha value is -2.49. The maximum Gasteiger partial charge on any atom is 0.324 e. The number of nitrogens with zero attached hydrogens (tertiary/aromatic N) is 4. The average molecular weight is 443 g/mol. The van der Waals surface area contributed by atoms with Crippen LogP contribution in [0.25, 0.3) is 0 Å². The normalized spacial score (nSPS) is 20.9. The summed E-state index contributed by atoms with van der Waals surface area (Å²) in [6.07, 6.45) is 4.06. The molecule has 0 spiro atoms. The summed E-state index contributed by atoms with van der Waals surface area (Å²) in [4.78, 5) is 19.4. The second-order valence-electron chi connectivity index (χ2n) is 8.56. The Morgan fingerprint density at radius 2 is 2.06 bits per heavy atom. The molecule has 2 saturated heterocycles. The van der Waals surface area contributed by atoms with Crippen molar-refractivity contribution in [3.8, 4) is 0 Å². The van der Waals surface area contributed by atoms with Crippen LogP contribution in [-0.4, -0.2) is 70.5 Å². The molecule has 1 unspecified atom stereocenters. The van der Waals surface area contributed by atoms with E-state index in [1.165, 1.54) is 17.1 Å². The minimum absolute atomic E-state index is 0.00450. The maximum atomic E-state index is 13.3. The zero-order valence-corrected chi connectivity index (χ0v) is 18.4. The van der Waals surface area contributed by atoms with Gasteiger partial charge in [-0.15, -0.1) is 0 Å². The minimum Gasteiger partial charge on any atom is -0.396 e. The third kappa shape index (κ3) is 5.23. The smallest absolute Gasteiger partial charge is 0.324 e. The van der Waals surface area contributed by atoms with E-state index in [0.29, 0.717) is 31.1 Å². The number of benzene rings is 1. The molecule has 1 atom stereocenters. The molecule has 8 nitrogen and oxygen atoms in total. The van der Waals surface area contributed by atoms with Crippen molar-refractivity contribution < 1.29 is 9.90 Å². The van der Waals surface area contributed by atoms with Crippen molar-refractivity contribution in [2.45, 2.75) is 19.4 Å². The van der Waals surface area contributed by atoms with Crippen LogP contribution in [0.4, 0.5) is 10.5 Å². The Balaban J connectivity index is 1.39. The number of nitrogens with two attached hydrogens (primary N) is 1. The van der Waals surface area contributed by atoms with Crippen molar-refractivity contribution >= 4 is 29.1 Å². The number of nitrogen functional groups attached to an aromatic ring is 1. The monoisotopic (exact) mass is 442 g/mol. The number of amidine groups is 1. The number of aliphatic hydroxyl groups excluding tert-OH is 1. The first kappa shape index (κ1) is 21.7. The zero-order chi connectivity index (χ0) is 21.8. The molecule has 0 aliphatic carbocycles. The number of hydrogen-bond donors (Lipinski definition) is 3. The summed E-state index contributed by atoms with van der Waals surface area (Å²) >= 11 is 1.49. The molecule has 0 radical (unpaired) electrons. The first-order chi connectivity index (χ1) is 15.0. The van der Waals surface area contributed by atoms with E-state index in [1.807, 2.05) is 23.2 Å². The van der Waals surface area contributed by atoms with Gasteiger partial charge in [-0.3, -0.25) is 15.2 Å². The van der Waals surface area contributed by atoms with Gasteiger partial charge in [-0.2, -0.15) is 0 Å². The topological polar surface area (TPSA) is 110 Å². The number of hydrogen-bond acceptors (Lipinski definition) is 6. The van der Waals surface area contributed by atoms with Gasteiger partial charge >= 0.3 is 6.03 Å². The quantitative estimate of drug-likeness (QED) is 0.450. The molecule has 2 amide bonds. The van der Waals surface area contributed by atoms with Crippen molar-refractivity contribution in [1.82, 2.24) is 14.2 Å². The molecule has 1 aromatic carbocycles. The molecule has 9 heteroatoms. The summed E-state index contributed by atoms with van der Waals surface area (Å²) < 4.78 is 4.18. The highest BCUT2D eigenvalue weighted by atomic mass is 32.1. The first-order valence-corrected chi connectivity index (χ1v) is 11.6. The number of carbonyl (C=O) groups is 1. The van der Waals surface area contributed by atoms with Crippen molar-refractivity contribution in [1.29, 1.82) is 5.41 Å². The van der Waals surface area contributed by atoms with E-state index in [4.69, 9.17) is 11.1 Å². The highest BCUT2D eigenvalue weighted by molar-refractivity contribution is 7.03. The van der Waals surface area contributed by atoms with Gasteiger partial charge in [-0.25, -0.2) is 9.17 Å². The van der Waals surface area contributed by atoms with Crippen LogP contribution in [0.2, 0.25) is 0 Å². The maximum absolute atomic E-state index is 13.3. The second-order valence-corrected chi connectivity index (χ2v) is 9.22. The van der Waals surface area contributed by atoms with Crippen LogP contribution in [0.15, 0.2) is 35.8 Å². The zero-order valence-electron chi connectivity index (χ0n) is 17.6. The number of aliphatic hydroxyl groups is 1. The molecule has 166 valence electrons. The number of anilines is 1. The lowest BCUT2D eigenvalue weighted by molar-refractivity contribution is 0.115. The van der Waals surface area contributed by atoms with Gasteiger partial charge in [0.2, 0.25) is 0 Å². The number of piperidine rings is 1. The number of nitrogens with one attached hydrogen (secondary N) is 1. The number of carbonyl (C=O) groups excluding carboxylic acids is 1. The van der Waals surface area contributed by atoms with E-state index >= 15 is 0 Å². The molecule has 2 aliphatic heterocycles. The van der Waals surface area contributed by atoms with Crippen LogP contribution >= 0.6 is 11.5 Å². The van der Waals surface area contributed by atoms with Crippen molar-refractivity contribution in [3.63, 3.8) is 0 Å². The fourth-order valence-electron chi connectivity index (χ4n) is 4.48. The summed E-state index contributed by atoms with van der Waals surface area (Å²) in [5.74, 6) is 0.445. The van der Waals surface area contributed by atoms with Crippen molar-refractivity contribution in [2.24, 2.45) is 17.6 Å². The third-order valence-electron chi connectivity index (χ3n) is 6.22. The van der Waals surface area contributed by atoms with Gasteiger partial charge in [0.25, 0.3) is 0 Å². The lowest BCUT2D eigenvalue weighted by atomic mass is 9.95. The predicted molar refractivity (Wildman–Crippen MR) is 122 cm³/mol. The summed E-state index contributed by atoms with van der Waals surface area (Å²) in [7, 11) is 0. The summed E-state index contributed by atoms with van der Waals surface area (Å²) in [5.41, 5.74) is 8.21. The molecule has 4 rings (SSSR count). The lowest BCUT2D eigenvalue weighted by Gasteiger charge is -2.42. The molecular formula is C22H30N6O2S. The van der Waals surface area contributed by atoms with Crippen LogP contribution < -0.4 is 10.6 Å². The predicted octanol–water partition coefficient (Wildman–Crippen LogP) is 2.19. The Kier molecular flexibility index (Phi) is 6.84. The molecular weight excluding hydrogens is 412 g/mol. The van der Waals surface area contributed by atoms with E-state index in [-0.39, 0.29) is 24.4 Å². The fraction of sp³-hybridized carbons (Fsp3) is 0.500. The summed E-state index contributed by atoms with van der Waals surface area (Å²) in [6.45, 7) is 4.80. The molecule has 0 bridgehead atoms. The Morgan fingerprint density at radius 1 is 1.26 bits per heavy atom. The number of urea groups is 1. The fourth-order valence-corrected chi connectivity index (χ4v) is 5.01. The first-order valence-electron chi connectivity index (χ1n) is 10.8. The number of aromatic nitrogens is 1. The van der Waals surface area contributed by atoms with Crippen LogP contribution in [0, 0.1) is 17.2 Å². The van der Waals surface area contributed by atoms with E-state index in [9.17, 15) is 9.90 Å². The molecule has 2 fully saturated rings. The SMILES string of the molecule is N=C(N)c1cccc(N2CC(CO)CN(CC3CCN(Cc4cnsc4)CC3)C2=O)c1. The molecule has 31 heavy (non-hydrogen) atoms. The highest BCUT2D eigenvalue weighted by Crippen LogP contribution is 2.27. The molecule has 1 aromatic heterocycles. The summed E-state index contributed by atoms with van der Waals surface area (Å²) in [5, 5.41) is 19.6. The molecule has 0 saturated carbocycles. The van der Waals surface area contributed by atoms with E-state index < -0.39 is 0 Å². The van der Waals surface area contributed by atoms with Gasteiger partial charge in [0.15, 0.2) is 0 Å². The minimum atomic E-state index is -0.0304. The number of likely N-dealkylation sites (tertiary alicyclic amines) is 1. The molecule has 3 heterocycles. The van der Waals surface area contributed by atoms with Crippen molar-refractivity contribution in [3.05, 3.63) is 47.0 Å². The average Bonchev–Trinajstić information content (AvgIpc) is 3.29. The molecule has 2 aromatic rings. The molecule has 2 aliphatic rings. The largest absolute Gasteiger partial charge is 0.396 e. The van der Waals surface area contributed by atoms with E-state index in [2.05, 4.69) is 14.7 Å². The van der Waals surface area contributed by atoms with Gasteiger partial charge in [-0.05, 0) is 61.1 Å². The highest BCUT2D eigenvalue weighted by Gasteiger charge is 2.34. The van der Waals surface area contributed by atoms with E-state index in [1.54, 1.807) is 17.0 Å². The van der Waals surface area contributed by atoms with Crippen LogP contribution in [0.1, 0.15) is 24.0 Å². The van der Waals surface area contributed by atoms with Gasteiger partial charge in [-0.1, -0.05) is 12.1 Å². The third-order valence-corrected chi connectivity index (χ3v) is 6.86. The van der Waals surface area contributed by atoms with Gasteiger partial charge in [0.1, 0.15) is 5.84 Å². The van der Waals surface area contributed by atoms with Gasteiger partial charge < -0.3 is 15.7 Å². The van der Waals surface area contributed by atoms with E-state index in [0.717, 1.165) is 38.2 Å². The Morgan fingerprint density at radius 3 is 2.74 bits per heavy atom. The van der Waals surface area contributed by atoms with Crippen LogP contribution in [0.5, 0.6) is 0 Å². The summed E-state index contributed by atoms with van der Waals surface area (Å²) in [6, 6.07) is 7.18. The Bertz CT molecular complexity index is 897. The number of rotatable bonds is 7.